The maximum absolute atomic E-state index is 9.77. The summed E-state index contributed by atoms with van der Waals surface area (Å²) >= 11 is 0. The van der Waals surface area contributed by atoms with Gasteiger partial charge in [0.05, 0.1) is 6.42 Å². The highest BCUT2D eigenvalue weighted by Gasteiger charge is 1.90. The van der Waals surface area contributed by atoms with Crippen molar-refractivity contribution in [1.29, 1.82) is 0 Å². The number of carbonyl (C=O) groups is 1. The Kier molecular flexibility index (Phi) is 3.42. The van der Waals surface area contributed by atoms with E-state index in [4.69, 9.17) is 10.8 Å². The van der Waals surface area contributed by atoms with Crippen LogP contribution in [-0.2, 0) is 4.79 Å². The molecule has 3 heteroatoms. The summed E-state index contributed by atoms with van der Waals surface area (Å²) in [5.41, 5.74) is 4.76. The molecule has 44 valence electrons. The van der Waals surface area contributed by atoms with Crippen molar-refractivity contribution in [2.45, 2.75) is 12.8 Å². The number of rotatable bonds is 2. The average Bonchev–Trinajstić information content (AvgIpc) is 1.66. The Balaban J connectivity index is 3.14. The van der Waals surface area contributed by atoms with Gasteiger partial charge in [0.1, 0.15) is 0 Å². The molecule has 0 saturated carbocycles. The first-order valence-corrected chi connectivity index (χ1v) is 2.17. The van der Waals surface area contributed by atoms with E-state index in [2.05, 4.69) is 12.0 Å². The first-order chi connectivity index (χ1) is 3.77. The van der Waals surface area contributed by atoms with E-state index in [1.165, 1.54) is 0 Å². The summed E-state index contributed by atoms with van der Waals surface area (Å²) < 4.78 is 0. The summed E-state index contributed by atoms with van der Waals surface area (Å²) in [4.78, 5) is 9.77. The van der Waals surface area contributed by atoms with E-state index >= 15 is 0 Å². The second kappa shape index (κ2) is 4.00. The maximum Gasteiger partial charge on any atom is 0.304 e. The number of aliphatic carboxylic acids is 1. The van der Waals surface area contributed by atoms with Gasteiger partial charge in [0.15, 0.2) is 0 Å². The molecular formula is C5H7NO2. The summed E-state index contributed by atoms with van der Waals surface area (Å²) in [5.74, 6) is 1.59. The predicted octanol–water partition coefficient (Wildman–Crippen LogP) is -0.229. The average molecular weight is 113 g/mol. The minimum Gasteiger partial charge on any atom is -0.481 e. The van der Waals surface area contributed by atoms with Crippen LogP contribution in [0.3, 0.4) is 0 Å². The van der Waals surface area contributed by atoms with Gasteiger partial charge in [0.25, 0.3) is 0 Å². The summed E-state index contributed by atoms with van der Waals surface area (Å²) in [6.45, 7) is 0. The molecule has 0 amide bonds. The summed E-state index contributed by atoms with van der Waals surface area (Å²) in [6.07, 6.45) is 0.413. The van der Waals surface area contributed by atoms with Crippen LogP contribution in [0, 0.1) is 12.0 Å². The lowest BCUT2D eigenvalue weighted by Gasteiger charge is -1.80. The van der Waals surface area contributed by atoms with Crippen molar-refractivity contribution in [3.8, 4) is 12.0 Å². The number of carboxylic acid groups (broad SMARTS) is 1. The Bertz CT molecular complexity index is 131. The fourth-order valence-corrected chi connectivity index (χ4v) is 0.242. The van der Waals surface area contributed by atoms with Gasteiger partial charge >= 0.3 is 5.97 Å². The van der Waals surface area contributed by atoms with E-state index in [1.54, 1.807) is 0 Å². The van der Waals surface area contributed by atoms with Crippen LogP contribution in [-0.4, -0.2) is 11.1 Å². The Morgan fingerprint density at radius 2 is 2.38 bits per heavy atom. The van der Waals surface area contributed by atoms with Crippen molar-refractivity contribution in [1.82, 2.24) is 0 Å². The zero-order chi connectivity index (χ0) is 6.41. The number of hydrogen-bond acceptors (Lipinski definition) is 2. The highest BCUT2D eigenvalue weighted by molar-refractivity contribution is 5.66. The van der Waals surface area contributed by atoms with Gasteiger partial charge in [-0.05, 0) is 0 Å². The predicted molar refractivity (Wildman–Crippen MR) is 28.8 cm³/mol. The van der Waals surface area contributed by atoms with E-state index in [0.29, 0.717) is 6.42 Å². The van der Waals surface area contributed by atoms with E-state index in [1.807, 2.05) is 0 Å². The Morgan fingerprint density at radius 3 is 2.75 bits per heavy atom. The maximum atomic E-state index is 9.77. The van der Waals surface area contributed by atoms with Gasteiger partial charge in [0.2, 0.25) is 0 Å². The van der Waals surface area contributed by atoms with Gasteiger partial charge in [0, 0.05) is 12.5 Å². The van der Waals surface area contributed by atoms with Crippen molar-refractivity contribution in [2.75, 3.05) is 0 Å². The topological polar surface area (TPSA) is 63.3 Å². The lowest BCUT2D eigenvalue weighted by atomic mass is 10.3. The van der Waals surface area contributed by atoms with Crippen LogP contribution in [0.5, 0.6) is 0 Å². The van der Waals surface area contributed by atoms with E-state index in [-0.39, 0.29) is 6.42 Å². The third-order valence-electron chi connectivity index (χ3n) is 0.566. The molecule has 0 atom stereocenters. The number of nitrogens with two attached hydrogens (primary N) is 1. The lowest BCUT2D eigenvalue weighted by Crippen LogP contribution is -1.92. The van der Waals surface area contributed by atoms with Crippen LogP contribution in [0.15, 0.2) is 0 Å². The second-order valence-electron chi connectivity index (χ2n) is 1.21. The molecule has 0 unspecified atom stereocenters. The summed E-state index contributed by atoms with van der Waals surface area (Å²) in [6, 6.07) is 2.11. The largest absolute Gasteiger partial charge is 0.481 e. The summed E-state index contributed by atoms with van der Waals surface area (Å²) in [7, 11) is 0. The molecule has 0 bridgehead atoms. The smallest absolute Gasteiger partial charge is 0.304 e. The van der Waals surface area contributed by atoms with Crippen LogP contribution in [0.2, 0.25) is 0 Å². The second-order valence-corrected chi connectivity index (χ2v) is 1.21. The molecule has 0 spiro atoms. The van der Waals surface area contributed by atoms with Crippen LogP contribution in [0.25, 0.3) is 0 Å². The van der Waals surface area contributed by atoms with Crippen LogP contribution >= 0.6 is 0 Å². The molecule has 0 aliphatic carbocycles. The quantitative estimate of drug-likeness (QED) is 0.384. The van der Waals surface area contributed by atoms with Crippen molar-refractivity contribution < 1.29 is 9.90 Å². The standard InChI is InChI=1S/C5H7NO2/c6-4-2-1-3-5(7)8/h1,3,6H2,(H,7,8). The first-order valence-electron chi connectivity index (χ1n) is 2.17. The molecule has 0 aliphatic rings. The van der Waals surface area contributed by atoms with Crippen molar-refractivity contribution in [3.05, 3.63) is 0 Å². The summed E-state index contributed by atoms with van der Waals surface area (Å²) in [5, 5.41) is 8.03. The zero-order valence-electron chi connectivity index (χ0n) is 4.35. The van der Waals surface area contributed by atoms with Crippen molar-refractivity contribution in [3.63, 3.8) is 0 Å². The fourth-order valence-electron chi connectivity index (χ4n) is 0.242. The molecule has 0 rings (SSSR count). The fraction of sp³-hybridized carbons (Fsp3) is 0.400. The minimum absolute atomic E-state index is 0.0736. The molecule has 0 radical (unpaired) electrons. The van der Waals surface area contributed by atoms with Gasteiger partial charge in [-0.1, -0.05) is 5.92 Å². The third kappa shape index (κ3) is 4.83. The molecule has 0 aliphatic heterocycles. The monoisotopic (exact) mass is 113 g/mol. The lowest BCUT2D eigenvalue weighted by molar-refractivity contribution is -0.136. The normalized spacial score (nSPS) is 7.00. The number of carboxylic acids is 1. The van der Waals surface area contributed by atoms with Gasteiger partial charge in [-0.3, -0.25) is 4.79 Å². The minimum atomic E-state index is -0.840. The van der Waals surface area contributed by atoms with E-state index < -0.39 is 5.97 Å². The molecular weight excluding hydrogens is 106 g/mol. The van der Waals surface area contributed by atoms with Crippen molar-refractivity contribution in [2.24, 2.45) is 5.73 Å². The molecule has 0 aromatic heterocycles. The molecule has 0 fully saturated rings. The highest BCUT2D eigenvalue weighted by atomic mass is 16.4. The van der Waals surface area contributed by atoms with Crippen LogP contribution in [0.1, 0.15) is 12.8 Å². The Labute approximate surface area is 47.5 Å². The molecule has 3 nitrogen and oxygen atoms in total. The van der Waals surface area contributed by atoms with Crippen LogP contribution in [0.4, 0.5) is 0 Å². The van der Waals surface area contributed by atoms with Crippen LogP contribution < -0.4 is 5.73 Å². The van der Waals surface area contributed by atoms with E-state index in [9.17, 15) is 4.79 Å². The van der Waals surface area contributed by atoms with E-state index in [0.717, 1.165) is 0 Å². The number of hydrogen-bond donors (Lipinski definition) is 2. The van der Waals surface area contributed by atoms with Gasteiger partial charge < -0.3 is 10.8 Å². The zero-order valence-corrected chi connectivity index (χ0v) is 4.35. The SMILES string of the molecule is NC#CCCC(=O)O. The molecule has 3 N–H and O–H groups in total. The van der Waals surface area contributed by atoms with Gasteiger partial charge in [-0.25, -0.2) is 0 Å². The Hall–Kier alpha value is -1.17. The Morgan fingerprint density at radius 1 is 1.75 bits per heavy atom. The molecule has 0 heterocycles. The first kappa shape index (κ1) is 6.83. The van der Waals surface area contributed by atoms with Gasteiger partial charge in [-0.15, -0.1) is 0 Å². The van der Waals surface area contributed by atoms with Crippen molar-refractivity contribution >= 4 is 5.97 Å². The molecule has 0 saturated heterocycles. The molecule has 8 heavy (non-hydrogen) atoms. The highest BCUT2D eigenvalue weighted by Crippen LogP contribution is 1.83. The molecule has 0 aromatic rings. The molecule has 0 aromatic carbocycles. The third-order valence-corrected chi connectivity index (χ3v) is 0.566. The van der Waals surface area contributed by atoms with Gasteiger partial charge in [-0.2, -0.15) is 0 Å².